The molecule has 4 bridgehead atoms. The first-order chi connectivity index (χ1) is 15.5. The van der Waals surface area contributed by atoms with E-state index in [2.05, 4.69) is 0 Å². The average Bonchev–Trinajstić information content (AvgIpc) is 2.66. The molecule has 0 atom stereocenters. The van der Waals surface area contributed by atoms with Crippen LogP contribution >= 0.6 is 0 Å². The first-order valence-corrected chi connectivity index (χ1v) is 8.14. The highest BCUT2D eigenvalue weighted by Crippen LogP contribution is 2.92. The van der Waals surface area contributed by atoms with E-state index >= 15 is 0 Å². The fraction of sp³-hybridized carbons (Fsp3) is 0.786. The Morgan fingerprint density at radius 2 is 0.750 bits per heavy atom. The lowest BCUT2D eigenvalue weighted by atomic mass is 9.36. The molecule has 0 aromatic carbocycles. The van der Waals surface area contributed by atoms with Crippen LogP contribution in [0.2, 0.25) is 0 Å². The third-order valence-electron chi connectivity index (χ3n) is 6.31. The van der Waals surface area contributed by atoms with Gasteiger partial charge in [0.05, 0.1) is 0 Å². The van der Waals surface area contributed by atoms with E-state index in [9.17, 15) is 92.6 Å². The molecule has 0 radical (unpaired) electrons. The molecule has 4 aliphatic rings. The van der Waals surface area contributed by atoms with E-state index in [-0.39, 0.29) is 0 Å². The molecule has 0 amide bonds. The zero-order chi connectivity index (χ0) is 28.9. The Kier molecular flexibility index (Phi) is 4.80. The molecule has 36 heavy (non-hydrogen) atoms. The van der Waals surface area contributed by atoms with Crippen molar-refractivity contribution in [3.8, 4) is 0 Å². The Bertz CT molecular complexity index is 955. The normalized spacial score (nSPS) is 42.1. The van der Waals surface area contributed by atoms with Gasteiger partial charge in [0.1, 0.15) is 0 Å². The lowest BCUT2D eigenvalue weighted by Crippen LogP contribution is -3.09. The van der Waals surface area contributed by atoms with E-state index in [1.807, 2.05) is 4.74 Å². The van der Waals surface area contributed by atoms with Crippen molar-refractivity contribution in [2.24, 2.45) is 5.41 Å². The molecule has 0 unspecified atom stereocenters. The molecule has 208 valence electrons. The second-order valence-electron chi connectivity index (χ2n) is 7.65. The molecule has 2 nitrogen and oxygen atoms in total. The maximum Gasteiger partial charge on any atom is 0.424 e. The van der Waals surface area contributed by atoms with Crippen LogP contribution in [-0.2, 0) is 9.53 Å². The molecule has 0 aliphatic heterocycles. The first kappa shape index (κ1) is 28.4. The third-order valence-corrected chi connectivity index (χ3v) is 6.31. The van der Waals surface area contributed by atoms with E-state index in [0.29, 0.717) is 0 Å². The smallest absolute Gasteiger partial charge is 0.394 e. The van der Waals surface area contributed by atoms with Gasteiger partial charge >= 0.3 is 70.7 Å². The van der Waals surface area contributed by atoms with Crippen LogP contribution in [0.3, 0.4) is 0 Å². The minimum absolute atomic E-state index is 1.93. The Labute approximate surface area is 180 Å². The Morgan fingerprint density at radius 3 is 0.972 bits per heavy atom. The van der Waals surface area contributed by atoms with Gasteiger partial charge in [-0.3, -0.25) is 0 Å². The molecule has 0 heterocycles. The maximum absolute atomic E-state index is 14.7. The summed E-state index contributed by atoms with van der Waals surface area (Å²) >= 11 is 0. The predicted molar refractivity (Wildman–Crippen MR) is 65.0 cm³/mol. The van der Waals surface area contributed by atoms with Gasteiger partial charge in [-0.05, 0) is 0 Å². The van der Waals surface area contributed by atoms with Crippen molar-refractivity contribution < 1.29 is 97.3 Å². The van der Waals surface area contributed by atoms with Gasteiger partial charge in [0.15, 0.2) is 0 Å². The molecule has 4 fully saturated rings. The number of hydrogen-bond acceptors (Lipinski definition) is 2. The molecule has 0 saturated heterocycles. The second kappa shape index (κ2) is 6.09. The second-order valence-corrected chi connectivity index (χ2v) is 7.65. The SMILES string of the molecule is O=C(OC(F)(F)C12C(F)(F)C3(F)C(F)(F)C(F)(C(F)(F)C(F)(C3(F)F)C1(F)F)C2(F)F)C(F)=C(F)F. The van der Waals surface area contributed by atoms with Gasteiger partial charge in [-0.15, -0.1) is 0 Å². The standard InChI is InChI=1S/C14F20O2/c15-1(2(16)17)3(35)36-14(33,34)4-8(21,22)5(18)11(27,28)6(19,9(4,23)24)13(31,32)7(20,10(4,25)26)12(5,29)30. The lowest BCUT2D eigenvalue weighted by Gasteiger charge is -2.75. The summed E-state index contributed by atoms with van der Waals surface area (Å²) in [6.07, 6.45) is -12.4. The third kappa shape index (κ3) is 1.85. The molecule has 0 aromatic heterocycles. The van der Waals surface area contributed by atoms with Gasteiger partial charge in [0.25, 0.3) is 11.2 Å². The summed E-state index contributed by atoms with van der Waals surface area (Å²) in [5, 5.41) is 0. The van der Waals surface area contributed by atoms with Gasteiger partial charge in [0, 0.05) is 0 Å². The number of esters is 1. The Balaban J connectivity index is 2.65. The maximum atomic E-state index is 14.7. The van der Waals surface area contributed by atoms with Crippen LogP contribution in [-0.4, -0.2) is 64.6 Å². The summed E-state index contributed by atoms with van der Waals surface area (Å²) < 4.78 is 284. The highest BCUT2D eigenvalue weighted by atomic mass is 19.4. The van der Waals surface area contributed by atoms with Crippen LogP contribution < -0.4 is 0 Å². The summed E-state index contributed by atoms with van der Waals surface area (Å²) in [6, 6.07) is 0. The largest absolute Gasteiger partial charge is 0.424 e. The molecule has 0 spiro atoms. The molecule has 4 aliphatic carbocycles. The van der Waals surface area contributed by atoms with E-state index in [4.69, 9.17) is 0 Å². The molecular weight excluding hydrogens is 580 g/mol. The van der Waals surface area contributed by atoms with Crippen molar-refractivity contribution in [1.29, 1.82) is 0 Å². The molecule has 22 heteroatoms. The zero-order valence-electron chi connectivity index (χ0n) is 15.4. The van der Waals surface area contributed by atoms with E-state index in [0.717, 1.165) is 0 Å². The van der Waals surface area contributed by atoms with Crippen LogP contribution in [0.4, 0.5) is 87.8 Å². The van der Waals surface area contributed by atoms with Crippen molar-refractivity contribution >= 4 is 5.97 Å². The van der Waals surface area contributed by atoms with Crippen LogP contribution in [0, 0.1) is 5.41 Å². The fourth-order valence-corrected chi connectivity index (χ4v) is 4.72. The topological polar surface area (TPSA) is 26.3 Å². The van der Waals surface area contributed by atoms with Crippen molar-refractivity contribution in [3.05, 3.63) is 11.9 Å². The monoisotopic (exact) mass is 580 g/mol. The molecule has 0 aromatic rings. The number of hydrogen-bond donors (Lipinski definition) is 0. The van der Waals surface area contributed by atoms with Gasteiger partial charge < -0.3 is 4.74 Å². The minimum Gasteiger partial charge on any atom is -0.394 e. The van der Waals surface area contributed by atoms with Gasteiger partial charge in [-0.1, -0.05) is 0 Å². The van der Waals surface area contributed by atoms with Gasteiger partial charge in [0.2, 0.25) is 0 Å². The Hall–Kier alpha value is -2.19. The number of halogens is 20. The number of rotatable bonds is 3. The van der Waals surface area contributed by atoms with Crippen molar-refractivity contribution in [3.63, 3.8) is 0 Å². The van der Waals surface area contributed by atoms with E-state index in [1.165, 1.54) is 0 Å². The molecule has 0 N–H and O–H groups in total. The van der Waals surface area contributed by atoms with E-state index in [1.54, 1.807) is 0 Å². The van der Waals surface area contributed by atoms with Crippen LogP contribution in [0.5, 0.6) is 0 Å². The van der Waals surface area contributed by atoms with Gasteiger partial charge in [-0.2, -0.15) is 48.3 Å². The number of carbonyl (C=O) groups excluding carboxylic acids is 1. The van der Waals surface area contributed by atoms with Crippen molar-refractivity contribution in [2.45, 2.75) is 58.7 Å². The summed E-state index contributed by atoms with van der Waals surface area (Å²) in [7, 11) is 0. The summed E-state index contributed by atoms with van der Waals surface area (Å²) in [5.41, 5.74) is -34.0. The summed E-state index contributed by atoms with van der Waals surface area (Å²) in [5.74, 6) is -59.6. The van der Waals surface area contributed by atoms with Crippen LogP contribution in [0.15, 0.2) is 11.9 Å². The van der Waals surface area contributed by atoms with Gasteiger partial charge in [-0.25, -0.2) is 44.3 Å². The predicted octanol–water partition coefficient (Wildman–Crippen LogP) is 6.16. The summed E-state index contributed by atoms with van der Waals surface area (Å²) in [4.78, 5) is 10.9. The van der Waals surface area contributed by atoms with Crippen LogP contribution in [0.25, 0.3) is 0 Å². The highest BCUT2D eigenvalue weighted by molar-refractivity contribution is 5.86. The van der Waals surface area contributed by atoms with Crippen LogP contribution in [0.1, 0.15) is 0 Å². The molecule has 4 rings (SSSR count). The Morgan fingerprint density at radius 1 is 0.500 bits per heavy atom. The average molecular weight is 580 g/mol. The first-order valence-electron chi connectivity index (χ1n) is 8.14. The molecular formula is C14F20O2. The number of ether oxygens (including phenoxy) is 1. The lowest BCUT2D eigenvalue weighted by molar-refractivity contribution is -0.638. The fourth-order valence-electron chi connectivity index (χ4n) is 4.72. The minimum atomic E-state index is -8.69. The summed E-state index contributed by atoms with van der Waals surface area (Å²) in [6.45, 7) is 0. The quantitative estimate of drug-likeness (QED) is 0.227. The highest BCUT2D eigenvalue weighted by Gasteiger charge is 3.25. The van der Waals surface area contributed by atoms with E-state index < -0.39 is 81.9 Å². The molecule has 4 saturated carbocycles. The van der Waals surface area contributed by atoms with Crippen molar-refractivity contribution in [2.75, 3.05) is 0 Å². The zero-order valence-corrected chi connectivity index (χ0v) is 15.4. The van der Waals surface area contributed by atoms with Crippen molar-refractivity contribution in [1.82, 2.24) is 0 Å². The number of alkyl halides is 17. The number of carbonyl (C=O) groups is 1.